The SMILES string of the molecule is CC(=O)N1C(=O)[C@@H](Cc2ccccc2)NC(=O)[C@H]1Cc1ccccc1. The molecule has 25 heavy (non-hydrogen) atoms. The molecule has 128 valence electrons. The van der Waals surface area contributed by atoms with Gasteiger partial charge in [0.15, 0.2) is 0 Å². The number of nitrogens with zero attached hydrogens (tertiary/aromatic N) is 1. The molecule has 2 atom stereocenters. The van der Waals surface area contributed by atoms with Gasteiger partial charge in [0.25, 0.3) is 5.91 Å². The van der Waals surface area contributed by atoms with Crippen LogP contribution >= 0.6 is 0 Å². The lowest BCUT2D eigenvalue weighted by Gasteiger charge is -2.37. The summed E-state index contributed by atoms with van der Waals surface area (Å²) >= 11 is 0. The zero-order valence-electron chi connectivity index (χ0n) is 14.0. The van der Waals surface area contributed by atoms with Crippen LogP contribution in [0.5, 0.6) is 0 Å². The Morgan fingerprint density at radius 2 is 1.44 bits per heavy atom. The Hall–Kier alpha value is -2.95. The second-order valence-corrected chi connectivity index (χ2v) is 6.18. The van der Waals surface area contributed by atoms with Crippen LogP contribution in [-0.2, 0) is 27.2 Å². The van der Waals surface area contributed by atoms with Crippen molar-refractivity contribution in [2.45, 2.75) is 31.8 Å². The Kier molecular flexibility index (Phi) is 4.93. The number of hydrogen-bond donors (Lipinski definition) is 1. The Labute approximate surface area is 146 Å². The van der Waals surface area contributed by atoms with Gasteiger partial charge in [-0.2, -0.15) is 0 Å². The molecule has 0 saturated carbocycles. The summed E-state index contributed by atoms with van der Waals surface area (Å²) in [5.41, 5.74) is 1.84. The van der Waals surface area contributed by atoms with Crippen molar-refractivity contribution in [2.75, 3.05) is 0 Å². The summed E-state index contributed by atoms with van der Waals surface area (Å²) in [5.74, 6) is -1.05. The zero-order valence-corrected chi connectivity index (χ0v) is 14.0. The first-order valence-corrected chi connectivity index (χ1v) is 8.28. The van der Waals surface area contributed by atoms with Crippen LogP contribution in [0.1, 0.15) is 18.1 Å². The minimum Gasteiger partial charge on any atom is -0.342 e. The molecule has 3 rings (SSSR count). The van der Waals surface area contributed by atoms with Gasteiger partial charge in [0, 0.05) is 19.8 Å². The normalized spacial score (nSPS) is 20.3. The van der Waals surface area contributed by atoms with Crippen molar-refractivity contribution in [3.05, 3.63) is 71.8 Å². The first-order valence-electron chi connectivity index (χ1n) is 8.28. The van der Waals surface area contributed by atoms with Crippen LogP contribution in [0, 0.1) is 0 Å². The van der Waals surface area contributed by atoms with E-state index in [4.69, 9.17) is 0 Å². The number of imide groups is 1. The molecule has 0 aliphatic carbocycles. The van der Waals surface area contributed by atoms with Crippen LogP contribution in [0.3, 0.4) is 0 Å². The third-order valence-corrected chi connectivity index (χ3v) is 4.36. The molecule has 5 nitrogen and oxygen atoms in total. The molecule has 1 saturated heterocycles. The van der Waals surface area contributed by atoms with Gasteiger partial charge in [-0.15, -0.1) is 0 Å². The first-order chi connectivity index (χ1) is 12.1. The lowest BCUT2D eigenvalue weighted by atomic mass is 9.96. The molecule has 0 radical (unpaired) electrons. The molecule has 5 heteroatoms. The maximum Gasteiger partial charge on any atom is 0.252 e. The van der Waals surface area contributed by atoms with Gasteiger partial charge in [-0.1, -0.05) is 60.7 Å². The zero-order chi connectivity index (χ0) is 17.8. The highest BCUT2D eigenvalue weighted by Gasteiger charge is 2.42. The number of rotatable bonds is 4. The van der Waals surface area contributed by atoms with Crippen molar-refractivity contribution in [1.82, 2.24) is 10.2 Å². The van der Waals surface area contributed by atoms with E-state index in [0.717, 1.165) is 16.0 Å². The second kappa shape index (κ2) is 7.30. The highest BCUT2D eigenvalue weighted by Crippen LogP contribution is 2.18. The van der Waals surface area contributed by atoms with Crippen LogP contribution < -0.4 is 5.32 Å². The fraction of sp³-hybridized carbons (Fsp3) is 0.250. The lowest BCUT2D eigenvalue weighted by Crippen LogP contribution is -2.65. The van der Waals surface area contributed by atoms with Gasteiger partial charge < -0.3 is 5.32 Å². The van der Waals surface area contributed by atoms with E-state index < -0.39 is 18.0 Å². The molecule has 0 bridgehead atoms. The Morgan fingerprint density at radius 3 is 1.96 bits per heavy atom. The molecule has 3 amide bonds. The molecule has 1 aliphatic heterocycles. The number of piperazine rings is 1. The summed E-state index contributed by atoms with van der Waals surface area (Å²) in [7, 11) is 0. The average molecular weight is 336 g/mol. The predicted molar refractivity (Wildman–Crippen MR) is 93.5 cm³/mol. The highest BCUT2D eigenvalue weighted by molar-refractivity contribution is 6.06. The van der Waals surface area contributed by atoms with Gasteiger partial charge in [-0.3, -0.25) is 19.3 Å². The summed E-state index contributed by atoms with van der Waals surface area (Å²) < 4.78 is 0. The van der Waals surface area contributed by atoms with E-state index in [0.29, 0.717) is 12.8 Å². The highest BCUT2D eigenvalue weighted by atomic mass is 16.2. The maximum absolute atomic E-state index is 12.8. The number of amides is 3. The van der Waals surface area contributed by atoms with Crippen molar-refractivity contribution in [3.63, 3.8) is 0 Å². The topological polar surface area (TPSA) is 66.5 Å². The van der Waals surface area contributed by atoms with Gasteiger partial charge in [0.1, 0.15) is 12.1 Å². The lowest BCUT2D eigenvalue weighted by molar-refractivity contribution is -0.157. The summed E-state index contributed by atoms with van der Waals surface area (Å²) in [6.45, 7) is 1.33. The predicted octanol–water partition coefficient (Wildman–Crippen LogP) is 1.71. The van der Waals surface area contributed by atoms with Crippen LogP contribution in [-0.4, -0.2) is 34.7 Å². The Balaban J connectivity index is 1.82. The van der Waals surface area contributed by atoms with Gasteiger partial charge >= 0.3 is 0 Å². The Bertz CT molecular complexity index is 774. The van der Waals surface area contributed by atoms with Gasteiger partial charge in [0.05, 0.1) is 0 Å². The monoisotopic (exact) mass is 336 g/mol. The molecular weight excluding hydrogens is 316 g/mol. The van der Waals surface area contributed by atoms with E-state index in [2.05, 4.69) is 5.32 Å². The molecule has 1 heterocycles. The van der Waals surface area contributed by atoms with Crippen molar-refractivity contribution in [3.8, 4) is 0 Å². The van der Waals surface area contributed by atoms with E-state index in [1.54, 1.807) is 0 Å². The first kappa shape index (κ1) is 16.9. The van der Waals surface area contributed by atoms with Crippen molar-refractivity contribution < 1.29 is 14.4 Å². The molecule has 2 aromatic carbocycles. The smallest absolute Gasteiger partial charge is 0.252 e. The molecule has 0 unspecified atom stereocenters. The minimum absolute atomic E-state index is 0.292. The van der Waals surface area contributed by atoms with Crippen LogP contribution in [0.25, 0.3) is 0 Å². The molecular formula is C20H20N2O3. The van der Waals surface area contributed by atoms with Crippen molar-refractivity contribution in [1.29, 1.82) is 0 Å². The second-order valence-electron chi connectivity index (χ2n) is 6.18. The van der Waals surface area contributed by atoms with Crippen molar-refractivity contribution >= 4 is 17.7 Å². The number of nitrogens with one attached hydrogen (secondary N) is 1. The minimum atomic E-state index is -0.806. The van der Waals surface area contributed by atoms with Gasteiger partial charge in [-0.25, -0.2) is 0 Å². The molecule has 0 spiro atoms. The van der Waals surface area contributed by atoms with Crippen LogP contribution in [0.2, 0.25) is 0 Å². The van der Waals surface area contributed by atoms with Gasteiger partial charge in [0.2, 0.25) is 11.8 Å². The largest absolute Gasteiger partial charge is 0.342 e. The third kappa shape index (κ3) is 3.76. The molecule has 1 aliphatic rings. The summed E-state index contributed by atoms with van der Waals surface area (Å²) in [6, 6.07) is 17.3. The number of carbonyl (C=O) groups is 3. The average Bonchev–Trinajstić information content (AvgIpc) is 2.61. The number of carbonyl (C=O) groups excluding carboxylic acids is 3. The summed E-state index contributed by atoms with van der Waals surface area (Å²) in [5, 5.41) is 2.79. The van der Waals surface area contributed by atoms with Crippen molar-refractivity contribution in [2.24, 2.45) is 0 Å². The number of hydrogen-bond acceptors (Lipinski definition) is 3. The Morgan fingerprint density at radius 1 is 0.920 bits per heavy atom. The van der Waals surface area contributed by atoms with E-state index in [1.807, 2.05) is 60.7 Å². The number of benzene rings is 2. The van der Waals surface area contributed by atoms with Crippen LogP contribution in [0.15, 0.2) is 60.7 Å². The van der Waals surface area contributed by atoms with Gasteiger partial charge in [-0.05, 0) is 11.1 Å². The van der Waals surface area contributed by atoms with Crippen LogP contribution in [0.4, 0.5) is 0 Å². The molecule has 2 aromatic rings. The van der Waals surface area contributed by atoms with E-state index in [9.17, 15) is 14.4 Å². The van der Waals surface area contributed by atoms with E-state index >= 15 is 0 Å². The molecule has 0 aromatic heterocycles. The van der Waals surface area contributed by atoms with E-state index in [-0.39, 0.29) is 11.8 Å². The van der Waals surface area contributed by atoms with E-state index in [1.165, 1.54) is 6.92 Å². The third-order valence-electron chi connectivity index (χ3n) is 4.36. The maximum atomic E-state index is 12.8. The fourth-order valence-corrected chi connectivity index (χ4v) is 3.15. The molecule has 1 N–H and O–H groups in total. The fourth-order valence-electron chi connectivity index (χ4n) is 3.15. The standard InChI is InChI=1S/C20H20N2O3/c1-14(23)22-18(13-16-10-6-3-7-11-16)19(24)21-17(20(22)25)12-15-8-4-2-5-9-15/h2-11,17-18H,12-13H2,1H3,(H,21,24)/t17-,18-/m1/s1. The quantitative estimate of drug-likeness (QED) is 0.924. The summed E-state index contributed by atoms with van der Waals surface area (Å²) in [6.07, 6.45) is 0.684. The molecule has 1 fully saturated rings. The summed E-state index contributed by atoms with van der Waals surface area (Å²) in [4.78, 5) is 38.6.